The van der Waals surface area contributed by atoms with Crippen LogP contribution in [0, 0.1) is 6.92 Å². The summed E-state index contributed by atoms with van der Waals surface area (Å²) in [5.74, 6) is 0. The normalized spacial score (nSPS) is 13.3. The van der Waals surface area contributed by atoms with Crippen LogP contribution in [0.3, 0.4) is 0 Å². The maximum atomic E-state index is 7.45. The van der Waals surface area contributed by atoms with Crippen LogP contribution in [-0.4, -0.2) is 0 Å². The molecule has 0 aliphatic heterocycles. The molecule has 0 saturated heterocycles. The number of rotatable bonds is 3. The number of pyridine rings is 1. The molecule has 1 heteroatoms. The van der Waals surface area contributed by atoms with Crippen molar-refractivity contribution in [2.75, 3.05) is 0 Å². The van der Waals surface area contributed by atoms with Gasteiger partial charge < -0.3 is 0 Å². The highest BCUT2D eigenvalue weighted by molar-refractivity contribution is 5.66. The van der Waals surface area contributed by atoms with Gasteiger partial charge in [-0.15, -0.1) is 0 Å². The highest BCUT2D eigenvalue weighted by atomic mass is 14.9. The maximum absolute atomic E-state index is 7.45. The lowest BCUT2D eigenvalue weighted by atomic mass is 10.0. The molecule has 0 unspecified atom stereocenters. The minimum atomic E-state index is -1.95. The van der Waals surface area contributed by atoms with Gasteiger partial charge in [-0.2, -0.15) is 0 Å². The average molecular weight is 291 g/mol. The lowest BCUT2D eigenvalue weighted by Crippen LogP contribution is -2.30. The highest BCUT2D eigenvalue weighted by Gasteiger charge is 2.13. The van der Waals surface area contributed by atoms with Gasteiger partial charge in [-0.1, -0.05) is 49.3 Å². The predicted octanol–water partition coefficient (Wildman–Crippen LogP) is 4.72. The summed E-state index contributed by atoms with van der Waals surface area (Å²) >= 11 is 0. The van der Waals surface area contributed by atoms with Crippen LogP contribution in [0.4, 0.5) is 0 Å². The molecule has 0 radical (unpaired) electrons. The summed E-state index contributed by atoms with van der Waals surface area (Å²) in [6.45, 7) is 0.166. The number of nitrogens with zero attached hydrogens (tertiary/aromatic N) is 1. The van der Waals surface area contributed by atoms with Gasteiger partial charge in [0, 0.05) is 21.3 Å². The van der Waals surface area contributed by atoms with E-state index in [-0.39, 0.29) is 6.42 Å². The Labute approximate surface area is 137 Å². The molecule has 0 aliphatic carbocycles. The summed E-state index contributed by atoms with van der Waals surface area (Å²) < 4.78 is 24.5. The first-order valence-corrected chi connectivity index (χ1v) is 7.48. The van der Waals surface area contributed by atoms with Crippen molar-refractivity contribution in [1.82, 2.24) is 0 Å². The van der Waals surface area contributed by atoms with Crippen LogP contribution in [0.5, 0.6) is 0 Å². The first kappa shape index (κ1) is 11.2. The van der Waals surface area contributed by atoms with Crippen LogP contribution in [0.1, 0.15) is 22.1 Å². The van der Waals surface area contributed by atoms with Gasteiger partial charge in [-0.25, -0.2) is 4.57 Å². The van der Waals surface area contributed by atoms with Gasteiger partial charge in [0.1, 0.15) is 7.05 Å². The van der Waals surface area contributed by atoms with E-state index >= 15 is 0 Å². The standard InChI is InChI=1S/C21H22N/c1-4-17-9-7-10-18(14-17)19-12-13-21(22(3)15-19)20-11-6-5-8-16(20)2/h5-15H,4H2,1-3H3/q+1/i1D3. The third kappa shape index (κ3) is 2.80. The van der Waals surface area contributed by atoms with E-state index in [9.17, 15) is 0 Å². The van der Waals surface area contributed by atoms with Gasteiger partial charge in [0.05, 0.1) is 0 Å². The van der Waals surface area contributed by atoms with Crippen molar-refractivity contribution >= 4 is 0 Å². The molecule has 0 fully saturated rings. The zero-order valence-corrected chi connectivity index (χ0v) is 13.0. The van der Waals surface area contributed by atoms with Crippen LogP contribution in [0.25, 0.3) is 22.4 Å². The Hall–Kier alpha value is -2.41. The van der Waals surface area contributed by atoms with Crippen LogP contribution < -0.4 is 4.57 Å². The van der Waals surface area contributed by atoms with Gasteiger partial charge in [0.25, 0.3) is 0 Å². The Bertz CT molecular complexity index is 898. The van der Waals surface area contributed by atoms with Crippen LogP contribution >= 0.6 is 0 Å². The molecule has 0 saturated carbocycles. The van der Waals surface area contributed by atoms with Gasteiger partial charge in [-0.3, -0.25) is 0 Å². The van der Waals surface area contributed by atoms with E-state index in [1.54, 1.807) is 0 Å². The first-order chi connectivity index (χ1) is 11.8. The second-order valence-corrected chi connectivity index (χ2v) is 5.61. The number of hydrogen-bond acceptors (Lipinski definition) is 0. The quantitative estimate of drug-likeness (QED) is 0.615. The van der Waals surface area contributed by atoms with Gasteiger partial charge >= 0.3 is 0 Å². The number of hydrogen-bond donors (Lipinski definition) is 0. The first-order valence-electron chi connectivity index (χ1n) is 8.98. The Kier molecular flexibility index (Phi) is 3.13. The average Bonchev–Trinajstić information content (AvgIpc) is 2.54. The SMILES string of the molecule is [2H]C([2H])([2H])Cc1cccc(-c2ccc(-c3ccccc3C)[n+](C)c2)c1. The molecule has 1 nitrogen and oxygen atoms in total. The van der Waals surface area contributed by atoms with Gasteiger partial charge in [0.15, 0.2) is 6.20 Å². The smallest absolute Gasteiger partial charge is 0.200 e. The molecule has 1 aromatic heterocycles. The van der Waals surface area contributed by atoms with E-state index in [2.05, 4.69) is 48.0 Å². The molecule has 0 N–H and O–H groups in total. The fourth-order valence-corrected chi connectivity index (χ4v) is 2.78. The summed E-state index contributed by atoms with van der Waals surface area (Å²) in [5.41, 5.74) is 6.56. The van der Waals surface area contributed by atoms with Crippen molar-refractivity contribution in [3.8, 4) is 22.4 Å². The highest BCUT2D eigenvalue weighted by Crippen LogP contribution is 2.24. The Morgan fingerprint density at radius 1 is 0.955 bits per heavy atom. The van der Waals surface area contributed by atoms with Gasteiger partial charge in [-0.05, 0) is 42.2 Å². The summed E-state index contributed by atoms with van der Waals surface area (Å²) in [4.78, 5) is 0. The zero-order chi connectivity index (χ0) is 18.0. The molecule has 110 valence electrons. The summed E-state index contributed by atoms with van der Waals surface area (Å²) in [7, 11) is 2.04. The van der Waals surface area contributed by atoms with Crippen LogP contribution in [-0.2, 0) is 13.5 Å². The van der Waals surface area contributed by atoms with Crippen LogP contribution in [0.15, 0.2) is 66.9 Å². The van der Waals surface area contributed by atoms with E-state index in [4.69, 9.17) is 4.11 Å². The minimum Gasteiger partial charge on any atom is -0.200 e. The molecular weight excluding hydrogens is 266 g/mol. The molecule has 0 spiro atoms. The third-order valence-electron chi connectivity index (χ3n) is 4.02. The maximum Gasteiger partial charge on any atom is 0.212 e. The fourth-order valence-electron chi connectivity index (χ4n) is 2.78. The number of benzene rings is 2. The summed E-state index contributed by atoms with van der Waals surface area (Å²) in [6, 6.07) is 20.3. The Morgan fingerprint density at radius 3 is 2.59 bits per heavy atom. The molecule has 0 amide bonds. The topological polar surface area (TPSA) is 3.88 Å². The Morgan fingerprint density at radius 2 is 1.82 bits per heavy atom. The molecular formula is C21H22N+. The molecule has 3 rings (SSSR count). The molecule has 2 aromatic carbocycles. The van der Waals surface area contributed by atoms with Crippen LogP contribution in [0.2, 0.25) is 0 Å². The van der Waals surface area contributed by atoms with Crippen molar-refractivity contribution in [1.29, 1.82) is 0 Å². The van der Waals surface area contributed by atoms with E-state index in [1.165, 1.54) is 11.1 Å². The number of aryl methyl sites for hydroxylation is 3. The lowest BCUT2D eigenvalue weighted by molar-refractivity contribution is -0.659. The van der Waals surface area contributed by atoms with E-state index in [0.717, 1.165) is 22.4 Å². The van der Waals surface area contributed by atoms with Crippen molar-refractivity contribution < 1.29 is 8.68 Å². The van der Waals surface area contributed by atoms with Crippen molar-refractivity contribution in [2.45, 2.75) is 20.2 Å². The monoisotopic (exact) mass is 291 g/mol. The van der Waals surface area contributed by atoms with Gasteiger partial charge in [0.2, 0.25) is 5.69 Å². The second-order valence-electron chi connectivity index (χ2n) is 5.61. The molecule has 0 atom stereocenters. The zero-order valence-electron chi connectivity index (χ0n) is 16.0. The molecule has 3 aromatic rings. The second kappa shape index (κ2) is 6.15. The van der Waals surface area contributed by atoms with Crippen molar-refractivity contribution in [2.24, 2.45) is 7.05 Å². The van der Waals surface area contributed by atoms with E-state index < -0.39 is 6.85 Å². The summed E-state index contributed by atoms with van der Waals surface area (Å²) in [6.07, 6.45) is 2.19. The minimum absolute atomic E-state index is 0.0915. The predicted molar refractivity (Wildman–Crippen MR) is 92.6 cm³/mol. The fraction of sp³-hybridized carbons (Fsp3) is 0.190. The molecule has 1 heterocycles. The van der Waals surface area contributed by atoms with E-state index in [1.807, 2.05) is 37.4 Å². The lowest BCUT2D eigenvalue weighted by Gasteiger charge is -2.07. The molecule has 0 aliphatic rings. The van der Waals surface area contributed by atoms with Crippen molar-refractivity contribution in [3.63, 3.8) is 0 Å². The number of aromatic nitrogens is 1. The third-order valence-corrected chi connectivity index (χ3v) is 4.02. The Balaban J connectivity index is 1.96. The molecule has 22 heavy (non-hydrogen) atoms. The van der Waals surface area contributed by atoms with Crippen molar-refractivity contribution in [3.05, 3.63) is 78.0 Å². The summed E-state index contributed by atoms with van der Waals surface area (Å²) in [5, 5.41) is 0. The largest absolute Gasteiger partial charge is 0.212 e. The molecule has 0 bridgehead atoms. The van der Waals surface area contributed by atoms with E-state index in [0.29, 0.717) is 0 Å².